The van der Waals surface area contributed by atoms with Gasteiger partial charge in [-0.25, -0.2) is 0 Å². The number of aliphatic imine (C=N–C) groups is 1. The molecule has 132 valence electrons. The van der Waals surface area contributed by atoms with Gasteiger partial charge in [-0.3, -0.25) is 9.89 Å². The Morgan fingerprint density at radius 2 is 2.00 bits per heavy atom. The van der Waals surface area contributed by atoms with Gasteiger partial charge in [0.2, 0.25) is 0 Å². The number of ether oxygens (including phenoxy) is 1. The third-order valence-corrected chi connectivity index (χ3v) is 4.93. The highest BCUT2D eigenvalue weighted by molar-refractivity contribution is 5.93. The van der Waals surface area contributed by atoms with Gasteiger partial charge >= 0.3 is 0 Å². The van der Waals surface area contributed by atoms with Gasteiger partial charge in [0, 0.05) is 25.3 Å². The maximum Gasteiger partial charge on any atom is 0.193 e. The molecular formula is C19H30N4O. The average molecular weight is 330 g/mol. The lowest BCUT2D eigenvalue weighted by molar-refractivity contribution is 0.0373. The summed E-state index contributed by atoms with van der Waals surface area (Å²) >= 11 is 0. The Hall–Kier alpha value is -1.59. The maximum atomic E-state index is 6.08. The third-order valence-electron chi connectivity index (χ3n) is 4.93. The number of guanidine groups is 1. The Balaban J connectivity index is 1.41. The average Bonchev–Trinajstić information content (AvgIpc) is 2.63. The molecule has 5 heteroatoms. The van der Waals surface area contributed by atoms with Crippen molar-refractivity contribution in [1.29, 1.82) is 0 Å². The summed E-state index contributed by atoms with van der Waals surface area (Å²) in [5, 5.41) is 3.31. The second kappa shape index (κ2) is 9.04. The lowest BCUT2D eigenvalue weighted by atomic mass is 9.90. The number of morpholine rings is 1. The Kier molecular flexibility index (Phi) is 6.49. The molecule has 3 N–H and O–H groups in total. The lowest BCUT2D eigenvalue weighted by Crippen LogP contribution is -2.36. The molecule has 0 saturated carbocycles. The van der Waals surface area contributed by atoms with Crippen LogP contribution in [0.5, 0.6) is 0 Å². The van der Waals surface area contributed by atoms with Crippen molar-refractivity contribution in [2.24, 2.45) is 10.7 Å². The van der Waals surface area contributed by atoms with Crippen molar-refractivity contribution in [2.45, 2.75) is 38.5 Å². The van der Waals surface area contributed by atoms with E-state index in [1.54, 1.807) is 0 Å². The molecule has 1 aliphatic carbocycles. The van der Waals surface area contributed by atoms with Crippen molar-refractivity contribution < 1.29 is 4.74 Å². The normalized spacial score (nSPS) is 19.1. The zero-order valence-electron chi connectivity index (χ0n) is 14.6. The standard InChI is InChI=1S/C19H30N4O/c20-19(21-10-3-4-11-23-12-14-24-15-13-23)22-18-9-5-7-16-6-1-2-8-17(16)18/h5,7,9H,1-4,6,8,10-15H2,(H3,20,21,22). The predicted molar refractivity (Wildman–Crippen MR) is 99.7 cm³/mol. The van der Waals surface area contributed by atoms with Crippen molar-refractivity contribution in [3.8, 4) is 0 Å². The van der Waals surface area contributed by atoms with Crippen LogP contribution < -0.4 is 11.1 Å². The molecule has 2 aliphatic rings. The fraction of sp³-hybridized carbons (Fsp3) is 0.632. The molecule has 0 amide bonds. The predicted octanol–water partition coefficient (Wildman–Crippen LogP) is 2.40. The molecule has 1 aromatic rings. The van der Waals surface area contributed by atoms with E-state index in [9.17, 15) is 0 Å². The summed E-state index contributed by atoms with van der Waals surface area (Å²) in [7, 11) is 0. The highest BCUT2D eigenvalue weighted by Gasteiger charge is 2.13. The number of nitrogens with two attached hydrogens (primary N) is 1. The van der Waals surface area contributed by atoms with Crippen LogP contribution in [0, 0.1) is 0 Å². The van der Waals surface area contributed by atoms with Gasteiger partial charge < -0.3 is 15.8 Å². The fourth-order valence-electron chi connectivity index (χ4n) is 3.55. The van der Waals surface area contributed by atoms with Gasteiger partial charge in [-0.2, -0.15) is 0 Å². The van der Waals surface area contributed by atoms with Gasteiger partial charge in [-0.15, -0.1) is 0 Å². The summed E-state index contributed by atoms with van der Waals surface area (Å²) in [5.74, 6) is 0.542. The molecule has 1 saturated heterocycles. The molecule has 0 spiro atoms. The molecule has 0 atom stereocenters. The van der Waals surface area contributed by atoms with Crippen LogP contribution >= 0.6 is 0 Å². The van der Waals surface area contributed by atoms with Crippen molar-refractivity contribution >= 4 is 11.6 Å². The summed E-state index contributed by atoms with van der Waals surface area (Å²) in [6.45, 7) is 5.79. The van der Waals surface area contributed by atoms with Crippen LogP contribution in [0.4, 0.5) is 5.69 Å². The fourth-order valence-corrected chi connectivity index (χ4v) is 3.55. The first-order valence-corrected chi connectivity index (χ1v) is 9.31. The molecule has 1 aromatic carbocycles. The number of hydrogen-bond donors (Lipinski definition) is 2. The third kappa shape index (κ3) is 4.95. The van der Waals surface area contributed by atoms with Crippen molar-refractivity contribution in [1.82, 2.24) is 4.90 Å². The molecule has 0 radical (unpaired) electrons. The Morgan fingerprint density at radius 3 is 2.88 bits per heavy atom. The molecule has 5 nitrogen and oxygen atoms in total. The largest absolute Gasteiger partial charge is 0.379 e. The molecule has 24 heavy (non-hydrogen) atoms. The molecule has 0 bridgehead atoms. The topological polar surface area (TPSA) is 62.9 Å². The highest BCUT2D eigenvalue weighted by atomic mass is 16.5. The van der Waals surface area contributed by atoms with Crippen molar-refractivity contribution in [3.05, 3.63) is 29.3 Å². The molecule has 3 rings (SSSR count). The number of unbranched alkanes of at least 4 members (excludes halogenated alkanes) is 1. The van der Waals surface area contributed by atoms with E-state index in [1.165, 1.54) is 30.4 Å². The van der Waals surface area contributed by atoms with Crippen LogP contribution in [0.1, 0.15) is 36.8 Å². The van der Waals surface area contributed by atoms with Gasteiger partial charge in [0.05, 0.1) is 13.2 Å². The molecule has 1 aliphatic heterocycles. The lowest BCUT2D eigenvalue weighted by Gasteiger charge is -2.26. The van der Waals surface area contributed by atoms with Crippen LogP contribution in [-0.2, 0) is 17.6 Å². The minimum Gasteiger partial charge on any atom is -0.379 e. The van der Waals surface area contributed by atoms with Gasteiger partial charge in [0.15, 0.2) is 5.96 Å². The quantitative estimate of drug-likeness (QED) is 0.478. The summed E-state index contributed by atoms with van der Waals surface area (Å²) in [4.78, 5) is 6.95. The number of rotatable bonds is 6. The highest BCUT2D eigenvalue weighted by Crippen LogP contribution is 2.27. The molecule has 1 fully saturated rings. The summed E-state index contributed by atoms with van der Waals surface area (Å²) in [5.41, 5.74) is 10.1. The van der Waals surface area contributed by atoms with Crippen LogP contribution in [0.2, 0.25) is 0 Å². The number of nitrogens with zero attached hydrogens (tertiary/aromatic N) is 2. The summed E-state index contributed by atoms with van der Waals surface area (Å²) in [6.07, 6.45) is 7.13. The van der Waals surface area contributed by atoms with Gasteiger partial charge in [0.1, 0.15) is 0 Å². The first kappa shape index (κ1) is 17.2. The first-order valence-electron chi connectivity index (χ1n) is 9.31. The van der Waals surface area contributed by atoms with Crippen molar-refractivity contribution in [3.63, 3.8) is 0 Å². The van der Waals surface area contributed by atoms with E-state index < -0.39 is 0 Å². The summed E-state index contributed by atoms with van der Waals surface area (Å²) < 4.78 is 5.37. The molecular weight excluding hydrogens is 300 g/mol. The van der Waals surface area contributed by atoms with E-state index in [-0.39, 0.29) is 0 Å². The molecule has 1 heterocycles. The van der Waals surface area contributed by atoms with Crippen LogP contribution in [0.25, 0.3) is 0 Å². The van der Waals surface area contributed by atoms with E-state index in [2.05, 4.69) is 33.4 Å². The monoisotopic (exact) mass is 330 g/mol. The Labute approximate surface area is 145 Å². The van der Waals surface area contributed by atoms with E-state index in [1.807, 2.05) is 0 Å². The van der Waals surface area contributed by atoms with Gasteiger partial charge in [-0.1, -0.05) is 12.1 Å². The number of anilines is 1. The molecule has 0 aromatic heterocycles. The van der Waals surface area contributed by atoms with Gasteiger partial charge in [0.25, 0.3) is 0 Å². The maximum absolute atomic E-state index is 6.08. The van der Waals surface area contributed by atoms with E-state index in [0.717, 1.165) is 64.3 Å². The minimum atomic E-state index is 0.542. The van der Waals surface area contributed by atoms with Crippen LogP contribution in [0.3, 0.4) is 0 Å². The summed E-state index contributed by atoms with van der Waals surface area (Å²) in [6, 6.07) is 6.46. The zero-order chi connectivity index (χ0) is 16.6. The Morgan fingerprint density at radius 1 is 1.17 bits per heavy atom. The number of fused-ring (bicyclic) bond motifs is 1. The van der Waals surface area contributed by atoms with Crippen molar-refractivity contribution in [2.75, 3.05) is 44.7 Å². The first-order chi connectivity index (χ1) is 11.8. The number of nitrogens with one attached hydrogen (secondary N) is 1. The van der Waals surface area contributed by atoms with Crippen LogP contribution in [-0.4, -0.2) is 50.3 Å². The Bertz CT molecular complexity index is 552. The number of aryl methyl sites for hydroxylation is 1. The second-order valence-electron chi connectivity index (χ2n) is 6.70. The molecule has 0 unspecified atom stereocenters. The smallest absolute Gasteiger partial charge is 0.193 e. The number of benzene rings is 1. The number of hydrogen-bond acceptors (Lipinski definition) is 3. The van der Waals surface area contributed by atoms with E-state index in [4.69, 9.17) is 10.5 Å². The zero-order valence-corrected chi connectivity index (χ0v) is 14.6. The van der Waals surface area contributed by atoms with Crippen LogP contribution in [0.15, 0.2) is 23.2 Å². The van der Waals surface area contributed by atoms with E-state index in [0.29, 0.717) is 5.96 Å². The van der Waals surface area contributed by atoms with E-state index >= 15 is 0 Å². The van der Waals surface area contributed by atoms with Gasteiger partial charge in [-0.05, 0) is 62.3 Å². The minimum absolute atomic E-state index is 0.542. The second-order valence-corrected chi connectivity index (χ2v) is 6.70. The SMILES string of the molecule is NC(=NCCCCN1CCOCC1)Nc1cccc2c1CCCC2.